The van der Waals surface area contributed by atoms with Crippen LogP contribution in [0.25, 0.3) is 0 Å². The summed E-state index contributed by atoms with van der Waals surface area (Å²) in [5.74, 6) is -0.808. The Hall–Kier alpha value is -1.17. The van der Waals surface area contributed by atoms with E-state index in [-0.39, 0.29) is 6.54 Å². The van der Waals surface area contributed by atoms with Gasteiger partial charge in [-0.1, -0.05) is 12.8 Å². The van der Waals surface area contributed by atoms with Crippen molar-refractivity contribution >= 4 is 22.6 Å². The van der Waals surface area contributed by atoms with Gasteiger partial charge >= 0.3 is 5.97 Å². The van der Waals surface area contributed by atoms with Gasteiger partial charge in [0.25, 0.3) is 0 Å². The predicted octanol–water partition coefficient (Wildman–Crippen LogP) is 1.37. The molecule has 0 spiro atoms. The highest BCUT2D eigenvalue weighted by Crippen LogP contribution is 2.28. The summed E-state index contributed by atoms with van der Waals surface area (Å²) in [6, 6.07) is 0.328. The molecule has 15 heavy (non-hydrogen) atoms. The second-order valence-electron chi connectivity index (χ2n) is 3.68. The molecular formula is C9H13N3O2S. The number of anilines is 1. The van der Waals surface area contributed by atoms with E-state index >= 15 is 0 Å². The van der Waals surface area contributed by atoms with Gasteiger partial charge in [0.15, 0.2) is 0 Å². The van der Waals surface area contributed by atoms with Crippen molar-refractivity contribution in [2.45, 2.75) is 31.7 Å². The number of hydrogen-bond acceptors (Lipinski definition) is 5. The number of carbonyl (C=O) groups is 1. The topological polar surface area (TPSA) is 66.3 Å². The van der Waals surface area contributed by atoms with Gasteiger partial charge in [0.05, 0.1) is 0 Å². The molecule has 0 saturated heterocycles. The van der Waals surface area contributed by atoms with Crippen LogP contribution in [-0.4, -0.2) is 33.0 Å². The molecule has 6 heteroatoms. The molecule has 1 heterocycles. The van der Waals surface area contributed by atoms with E-state index in [1.165, 1.54) is 30.7 Å². The molecule has 2 rings (SSSR count). The summed E-state index contributed by atoms with van der Waals surface area (Å²) in [5, 5.41) is 9.58. The molecule has 1 N–H and O–H groups in total. The normalized spacial score (nSPS) is 16.8. The summed E-state index contributed by atoms with van der Waals surface area (Å²) < 4.78 is 3.92. The molecule has 5 nitrogen and oxygen atoms in total. The lowest BCUT2D eigenvalue weighted by molar-refractivity contribution is -0.135. The summed E-state index contributed by atoms with van der Waals surface area (Å²) in [5.41, 5.74) is 0. The predicted molar refractivity (Wildman–Crippen MR) is 57.1 cm³/mol. The Morgan fingerprint density at radius 3 is 2.87 bits per heavy atom. The van der Waals surface area contributed by atoms with Crippen LogP contribution < -0.4 is 4.90 Å². The Labute approximate surface area is 91.9 Å². The first-order valence-electron chi connectivity index (χ1n) is 5.02. The molecule has 1 aromatic rings. The molecular weight excluding hydrogens is 214 g/mol. The number of rotatable bonds is 4. The number of carboxylic acid groups (broad SMARTS) is 1. The Bertz CT molecular complexity index is 322. The van der Waals surface area contributed by atoms with Gasteiger partial charge in [-0.2, -0.15) is 4.37 Å². The molecule has 1 aliphatic carbocycles. The summed E-state index contributed by atoms with van der Waals surface area (Å²) in [6.45, 7) is 0.0276. The smallest absolute Gasteiger partial charge is 0.323 e. The van der Waals surface area contributed by atoms with E-state index in [9.17, 15) is 4.79 Å². The van der Waals surface area contributed by atoms with Crippen molar-refractivity contribution in [2.75, 3.05) is 11.4 Å². The van der Waals surface area contributed by atoms with Crippen LogP contribution in [0.3, 0.4) is 0 Å². The molecule has 0 unspecified atom stereocenters. The van der Waals surface area contributed by atoms with Crippen LogP contribution in [0.5, 0.6) is 0 Å². The van der Waals surface area contributed by atoms with Crippen molar-refractivity contribution in [3.63, 3.8) is 0 Å². The zero-order valence-electron chi connectivity index (χ0n) is 8.30. The van der Waals surface area contributed by atoms with Gasteiger partial charge < -0.3 is 10.0 Å². The van der Waals surface area contributed by atoms with Crippen molar-refractivity contribution in [3.8, 4) is 0 Å². The maximum atomic E-state index is 10.8. The van der Waals surface area contributed by atoms with Crippen LogP contribution in [0.2, 0.25) is 0 Å². The van der Waals surface area contributed by atoms with Gasteiger partial charge in [0, 0.05) is 17.6 Å². The van der Waals surface area contributed by atoms with Gasteiger partial charge in [-0.05, 0) is 12.8 Å². The molecule has 0 radical (unpaired) electrons. The number of aliphatic carboxylic acids is 1. The highest BCUT2D eigenvalue weighted by molar-refractivity contribution is 7.09. The highest BCUT2D eigenvalue weighted by Gasteiger charge is 2.26. The third kappa shape index (κ3) is 2.44. The standard InChI is InChI=1S/C9H13N3O2S/c13-8(14)5-12(7-3-1-2-4-7)9-10-6-11-15-9/h6-7H,1-5H2,(H,13,14). The summed E-state index contributed by atoms with van der Waals surface area (Å²) in [7, 11) is 0. The minimum absolute atomic E-state index is 0.0276. The fraction of sp³-hybridized carbons (Fsp3) is 0.667. The van der Waals surface area contributed by atoms with Crippen LogP contribution in [0.4, 0.5) is 5.13 Å². The lowest BCUT2D eigenvalue weighted by atomic mass is 10.2. The molecule has 0 aromatic carbocycles. The molecule has 0 atom stereocenters. The Kier molecular flexibility index (Phi) is 3.15. The average molecular weight is 227 g/mol. The molecule has 82 valence electrons. The number of nitrogens with zero attached hydrogens (tertiary/aromatic N) is 3. The molecule has 1 saturated carbocycles. The zero-order valence-corrected chi connectivity index (χ0v) is 9.11. The van der Waals surface area contributed by atoms with Crippen LogP contribution in [0.1, 0.15) is 25.7 Å². The largest absolute Gasteiger partial charge is 0.480 e. The zero-order chi connectivity index (χ0) is 10.7. The Balaban J connectivity index is 2.12. The van der Waals surface area contributed by atoms with E-state index in [1.54, 1.807) is 0 Å². The van der Waals surface area contributed by atoms with E-state index in [1.807, 2.05) is 4.90 Å². The molecule has 1 aliphatic rings. The minimum Gasteiger partial charge on any atom is -0.480 e. The van der Waals surface area contributed by atoms with Gasteiger partial charge in [-0.25, -0.2) is 4.98 Å². The first-order chi connectivity index (χ1) is 7.27. The number of carboxylic acids is 1. The highest BCUT2D eigenvalue weighted by atomic mass is 32.1. The van der Waals surface area contributed by atoms with Gasteiger partial charge in [-0.15, -0.1) is 0 Å². The van der Waals surface area contributed by atoms with Crippen LogP contribution in [0.15, 0.2) is 6.33 Å². The van der Waals surface area contributed by atoms with Crippen LogP contribution in [0, 0.1) is 0 Å². The lowest BCUT2D eigenvalue weighted by Gasteiger charge is -2.25. The van der Waals surface area contributed by atoms with E-state index in [0.29, 0.717) is 6.04 Å². The number of aromatic nitrogens is 2. The Morgan fingerprint density at radius 2 is 2.33 bits per heavy atom. The van der Waals surface area contributed by atoms with E-state index < -0.39 is 5.97 Å². The van der Waals surface area contributed by atoms with Crippen molar-refractivity contribution in [2.24, 2.45) is 0 Å². The second-order valence-corrected chi connectivity index (χ2v) is 4.44. The van der Waals surface area contributed by atoms with E-state index in [0.717, 1.165) is 18.0 Å². The van der Waals surface area contributed by atoms with Crippen molar-refractivity contribution in [1.82, 2.24) is 9.36 Å². The molecule has 1 fully saturated rings. The monoisotopic (exact) mass is 227 g/mol. The van der Waals surface area contributed by atoms with Crippen LogP contribution >= 0.6 is 11.5 Å². The quantitative estimate of drug-likeness (QED) is 0.841. The third-order valence-corrected chi connectivity index (χ3v) is 3.37. The SMILES string of the molecule is O=C(O)CN(c1ncns1)C1CCCC1. The molecule has 0 aliphatic heterocycles. The summed E-state index contributed by atoms with van der Waals surface area (Å²) >= 11 is 1.26. The first kappa shape index (κ1) is 10.4. The van der Waals surface area contributed by atoms with Gasteiger partial charge in [0.2, 0.25) is 5.13 Å². The van der Waals surface area contributed by atoms with E-state index in [4.69, 9.17) is 5.11 Å². The van der Waals surface area contributed by atoms with E-state index in [2.05, 4.69) is 9.36 Å². The fourth-order valence-corrected chi connectivity index (χ4v) is 2.61. The maximum Gasteiger partial charge on any atom is 0.323 e. The summed E-state index contributed by atoms with van der Waals surface area (Å²) in [4.78, 5) is 16.7. The lowest BCUT2D eigenvalue weighted by Crippen LogP contribution is -2.37. The Morgan fingerprint density at radius 1 is 1.60 bits per heavy atom. The molecule has 0 amide bonds. The third-order valence-electron chi connectivity index (χ3n) is 2.67. The number of hydrogen-bond donors (Lipinski definition) is 1. The van der Waals surface area contributed by atoms with Crippen molar-refractivity contribution in [3.05, 3.63) is 6.33 Å². The van der Waals surface area contributed by atoms with Gasteiger partial charge in [-0.3, -0.25) is 4.79 Å². The second kappa shape index (κ2) is 4.57. The van der Waals surface area contributed by atoms with Crippen molar-refractivity contribution < 1.29 is 9.90 Å². The summed E-state index contributed by atoms with van der Waals surface area (Å²) in [6.07, 6.45) is 5.96. The van der Waals surface area contributed by atoms with Crippen molar-refractivity contribution in [1.29, 1.82) is 0 Å². The molecule has 1 aromatic heterocycles. The maximum absolute atomic E-state index is 10.8. The molecule has 0 bridgehead atoms. The fourth-order valence-electron chi connectivity index (χ4n) is 2.01. The van der Waals surface area contributed by atoms with Gasteiger partial charge in [0.1, 0.15) is 12.9 Å². The van der Waals surface area contributed by atoms with Crippen LogP contribution in [-0.2, 0) is 4.79 Å². The first-order valence-corrected chi connectivity index (χ1v) is 5.80. The average Bonchev–Trinajstić information content (AvgIpc) is 2.87. The minimum atomic E-state index is -0.808.